The minimum Gasteiger partial charge on any atom is -0.484 e. The van der Waals surface area contributed by atoms with Crippen molar-refractivity contribution in [2.45, 2.75) is 46.7 Å². The van der Waals surface area contributed by atoms with Gasteiger partial charge in [-0.25, -0.2) is 0 Å². The molecule has 150 valence electrons. The zero-order valence-corrected chi connectivity index (χ0v) is 17.2. The Hall–Kier alpha value is -2.82. The lowest BCUT2D eigenvalue weighted by Gasteiger charge is -2.29. The van der Waals surface area contributed by atoms with Crippen LogP contribution in [0.4, 0.5) is 0 Å². The van der Waals surface area contributed by atoms with Crippen LogP contribution >= 0.6 is 0 Å². The van der Waals surface area contributed by atoms with Gasteiger partial charge in [0.1, 0.15) is 11.8 Å². The number of nitrogens with one attached hydrogen (secondary N) is 1. The fourth-order valence-electron chi connectivity index (χ4n) is 2.92. The maximum atomic E-state index is 12.9. The van der Waals surface area contributed by atoms with Crippen LogP contribution in [0.1, 0.15) is 37.5 Å². The molecule has 5 heteroatoms. The van der Waals surface area contributed by atoms with Crippen LogP contribution < -0.4 is 10.1 Å². The molecule has 0 radical (unpaired) electrons. The van der Waals surface area contributed by atoms with Gasteiger partial charge in [-0.15, -0.1) is 0 Å². The monoisotopic (exact) mass is 382 g/mol. The fraction of sp³-hybridized carbons (Fsp3) is 0.391. The van der Waals surface area contributed by atoms with Gasteiger partial charge in [-0.2, -0.15) is 0 Å². The summed E-state index contributed by atoms with van der Waals surface area (Å²) in [7, 11) is 0. The first kappa shape index (κ1) is 21.5. The summed E-state index contributed by atoms with van der Waals surface area (Å²) < 4.78 is 5.68. The largest absolute Gasteiger partial charge is 0.484 e. The van der Waals surface area contributed by atoms with E-state index in [4.69, 9.17) is 4.74 Å². The van der Waals surface area contributed by atoms with E-state index < -0.39 is 6.04 Å². The van der Waals surface area contributed by atoms with Crippen molar-refractivity contribution in [1.82, 2.24) is 10.2 Å². The Balaban J connectivity index is 2.12. The number of amides is 2. The minimum atomic E-state index is -0.585. The Morgan fingerprint density at radius 1 is 1.07 bits per heavy atom. The summed E-state index contributed by atoms with van der Waals surface area (Å²) in [6.07, 6.45) is 0.952. The van der Waals surface area contributed by atoms with E-state index in [0.29, 0.717) is 18.8 Å². The van der Waals surface area contributed by atoms with Crippen molar-refractivity contribution in [2.75, 3.05) is 13.2 Å². The molecule has 2 rings (SSSR count). The molecule has 2 aromatic carbocycles. The van der Waals surface area contributed by atoms with Gasteiger partial charge in [0, 0.05) is 13.1 Å². The first-order valence-electron chi connectivity index (χ1n) is 9.79. The molecular weight excluding hydrogens is 352 g/mol. The van der Waals surface area contributed by atoms with Crippen molar-refractivity contribution >= 4 is 11.8 Å². The number of hydrogen-bond acceptors (Lipinski definition) is 3. The smallest absolute Gasteiger partial charge is 0.261 e. The lowest BCUT2D eigenvalue weighted by atomic mass is 10.1. The van der Waals surface area contributed by atoms with Crippen LogP contribution in [0.25, 0.3) is 0 Å². The van der Waals surface area contributed by atoms with Gasteiger partial charge in [-0.3, -0.25) is 9.59 Å². The Morgan fingerprint density at radius 3 is 2.36 bits per heavy atom. The van der Waals surface area contributed by atoms with Crippen LogP contribution in [-0.2, 0) is 22.6 Å². The number of rotatable bonds is 9. The van der Waals surface area contributed by atoms with E-state index in [-0.39, 0.29) is 18.4 Å². The number of aryl methyl sites for hydroxylation is 2. The molecule has 2 aromatic rings. The van der Waals surface area contributed by atoms with Gasteiger partial charge < -0.3 is 15.0 Å². The molecule has 0 bridgehead atoms. The van der Waals surface area contributed by atoms with E-state index in [1.165, 1.54) is 5.56 Å². The highest BCUT2D eigenvalue weighted by Gasteiger charge is 2.26. The maximum Gasteiger partial charge on any atom is 0.261 e. The van der Waals surface area contributed by atoms with Crippen molar-refractivity contribution in [2.24, 2.45) is 0 Å². The standard InChI is InChI=1S/C23H30N2O3/c1-5-19-11-13-21(14-12-19)28-16-22(26)25(18(4)23(27)24-6-2)15-20-10-8-7-9-17(20)3/h7-14,18H,5-6,15-16H2,1-4H3,(H,24,27). The SMILES string of the molecule is CCNC(=O)C(C)N(Cc1ccccc1C)C(=O)COc1ccc(CC)cc1. The van der Waals surface area contributed by atoms with E-state index >= 15 is 0 Å². The number of likely N-dealkylation sites (N-methyl/N-ethyl adjacent to an activating group) is 1. The lowest BCUT2D eigenvalue weighted by Crippen LogP contribution is -2.49. The number of hydrogen-bond donors (Lipinski definition) is 1. The summed E-state index contributed by atoms with van der Waals surface area (Å²) in [6.45, 7) is 8.48. The third-order valence-electron chi connectivity index (χ3n) is 4.81. The third kappa shape index (κ3) is 5.84. The van der Waals surface area contributed by atoms with Crippen molar-refractivity contribution < 1.29 is 14.3 Å². The van der Waals surface area contributed by atoms with Gasteiger partial charge in [-0.1, -0.05) is 43.3 Å². The van der Waals surface area contributed by atoms with Crippen LogP contribution in [-0.4, -0.2) is 35.9 Å². The number of carbonyl (C=O) groups is 2. The highest BCUT2D eigenvalue weighted by Crippen LogP contribution is 2.16. The van der Waals surface area contributed by atoms with Crippen LogP contribution in [0.2, 0.25) is 0 Å². The van der Waals surface area contributed by atoms with Gasteiger partial charge >= 0.3 is 0 Å². The fourth-order valence-corrected chi connectivity index (χ4v) is 2.92. The molecule has 0 saturated heterocycles. The first-order chi connectivity index (χ1) is 13.5. The quantitative estimate of drug-likeness (QED) is 0.722. The first-order valence-corrected chi connectivity index (χ1v) is 9.79. The molecule has 0 saturated carbocycles. The number of benzene rings is 2. The molecule has 0 heterocycles. The Bertz CT molecular complexity index is 787. The molecule has 1 N–H and O–H groups in total. The Morgan fingerprint density at radius 2 is 1.75 bits per heavy atom. The second-order valence-corrected chi connectivity index (χ2v) is 6.80. The predicted molar refractivity (Wildman–Crippen MR) is 111 cm³/mol. The average molecular weight is 383 g/mol. The molecule has 2 amide bonds. The van der Waals surface area contributed by atoms with Gasteiger partial charge in [0.25, 0.3) is 5.91 Å². The van der Waals surface area contributed by atoms with Crippen molar-refractivity contribution in [1.29, 1.82) is 0 Å². The van der Waals surface area contributed by atoms with E-state index in [2.05, 4.69) is 12.2 Å². The zero-order chi connectivity index (χ0) is 20.5. The summed E-state index contributed by atoms with van der Waals surface area (Å²) >= 11 is 0. The van der Waals surface area contributed by atoms with Crippen molar-refractivity contribution in [3.05, 3.63) is 65.2 Å². The Kier molecular flexibility index (Phi) is 8.05. The second-order valence-electron chi connectivity index (χ2n) is 6.80. The lowest BCUT2D eigenvalue weighted by molar-refractivity contribution is -0.142. The van der Waals surface area contributed by atoms with Crippen LogP contribution in [0.3, 0.4) is 0 Å². The van der Waals surface area contributed by atoms with E-state index in [9.17, 15) is 9.59 Å². The summed E-state index contributed by atoms with van der Waals surface area (Å²) in [5.74, 6) is 0.255. The van der Waals surface area contributed by atoms with Gasteiger partial charge in [0.05, 0.1) is 0 Å². The van der Waals surface area contributed by atoms with Crippen LogP contribution in [0.15, 0.2) is 48.5 Å². The number of carbonyl (C=O) groups excluding carboxylic acids is 2. The summed E-state index contributed by atoms with van der Waals surface area (Å²) in [5, 5.41) is 2.79. The zero-order valence-electron chi connectivity index (χ0n) is 17.2. The summed E-state index contributed by atoms with van der Waals surface area (Å²) in [4.78, 5) is 26.9. The maximum absolute atomic E-state index is 12.9. The molecule has 28 heavy (non-hydrogen) atoms. The topological polar surface area (TPSA) is 58.6 Å². The second kappa shape index (κ2) is 10.5. The molecule has 0 aromatic heterocycles. The Labute approximate surface area is 167 Å². The molecule has 0 aliphatic heterocycles. The average Bonchev–Trinajstić information content (AvgIpc) is 2.71. The molecule has 0 spiro atoms. The molecule has 0 aliphatic rings. The highest BCUT2D eigenvalue weighted by atomic mass is 16.5. The van der Waals surface area contributed by atoms with Gasteiger partial charge in [0.2, 0.25) is 5.91 Å². The van der Waals surface area contributed by atoms with Gasteiger partial charge in [-0.05, 0) is 56.0 Å². The molecule has 0 aliphatic carbocycles. The molecule has 0 fully saturated rings. The number of ether oxygens (including phenoxy) is 1. The molecule has 1 atom stereocenters. The van der Waals surface area contributed by atoms with Crippen LogP contribution in [0.5, 0.6) is 5.75 Å². The summed E-state index contributed by atoms with van der Waals surface area (Å²) in [6, 6.07) is 15.0. The third-order valence-corrected chi connectivity index (χ3v) is 4.81. The molecule has 5 nitrogen and oxygen atoms in total. The van der Waals surface area contributed by atoms with E-state index in [1.807, 2.05) is 62.4 Å². The molecular formula is C23H30N2O3. The summed E-state index contributed by atoms with van der Waals surface area (Å²) in [5.41, 5.74) is 3.31. The molecule has 1 unspecified atom stereocenters. The predicted octanol–water partition coefficient (Wildman–Crippen LogP) is 3.49. The van der Waals surface area contributed by atoms with Crippen LogP contribution in [0, 0.1) is 6.92 Å². The van der Waals surface area contributed by atoms with Crippen molar-refractivity contribution in [3.8, 4) is 5.75 Å². The normalized spacial score (nSPS) is 11.6. The van der Waals surface area contributed by atoms with E-state index in [0.717, 1.165) is 17.5 Å². The van der Waals surface area contributed by atoms with E-state index in [1.54, 1.807) is 11.8 Å². The van der Waals surface area contributed by atoms with Gasteiger partial charge in [0.15, 0.2) is 6.61 Å². The minimum absolute atomic E-state index is 0.110. The highest BCUT2D eigenvalue weighted by molar-refractivity contribution is 5.87. The van der Waals surface area contributed by atoms with Crippen molar-refractivity contribution in [3.63, 3.8) is 0 Å². The number of nitrogens with zero attached hydrogens (tertiary/aromatic N) is 1.